The van der Waals surface area contributed by atoms with Gasteiger partial charge in [-0.15, -0.1) is 0 Å². The van der Waals surface area contributed by atoms with Gasteiger partial charge in [-0.25, -0.2) is 0 Å². The Hall–Kier alpha value is -1.44. The molecule has 1 aliphatic rings. The molecule has 0 radical (unpaired) electrons. The van der Waals surface area contributed by atoms with Gasteiger partial charge in [-0.3, -0.25) is 0 Å². The second kappa shape index (κ2) is 13.9. The van der Waals surface area contributed by atoms with Crippen LogP contribution < -0.4 is 4.90 Å². The van der Waals surface area contributed by atoms with Crippen LogP contribution >= 0.6 is 0 Å². The zero-order valence-corrected chi connectivity index (χ0v) is 20.9. The van der Waals surface area contributed by atoms with Crippen molar-refractivity contribution in [3.8, 4) is 5.75 Å². The molecule has 0 atom stereocenters. The molecule has 176 valence electrons. The van der Waals surface area contributed by atoms with E-state index in [2.05, 4.69) is 38.3 Å². The lowest BCUT2D eigenvalue weighted by molar-refractivity contribution is 0.473. The van der Waals surface area contributed by atoms with Gasteiger partial charge < -0.3 is 10.0 Å². The molecule has 1 aromatic rings. The first kappa shape index (κ1) is 25.8. The number of rotatable bonds is 17. The van der Waals surface area contributed by atoms with E-state index in [0.29, 0.717) is 5.75 Å². The van der Waals surface area contributed by atoms with E-state index in [0.717, 1.165) is 12.2 Å². The number of fused-ring (bicyclic) bond motifs is 1. The maximum Gasteiger partial charge on any atom is 0.116 e. The van der Waals surface area contributed by atoms with Crippen molar-refractivity contribution in [2.45, 2.75) is 129 Å². The summed E-state index contributed by atoms with van der Waals surface area (Å²) in [6, 6.07) is 5.76. The molecule has 1 N–H and O–H groups in total. The summed E-state index contributed by atoms with van der Waals surface area (Å²) < 4.78 is 0. The van der Waals surface area contributed by atoms with E-state index in [4.69, 9.17) is 0 Å². The van der Waals surface area contributed by atoms with Gasteiger partial charge in [-0.2, -0.15) is 0 Å². The minimum atomic E-state index is -0.0941. The molecule has 31 heavy (non-hydrogen) atoms. The quantitative estimate of drug-likeness (QED) is 0.250. The van der Waals surface area contributed by atoms with Crippen LogP contribution in [0.5, 0.6) is 5.75 Å². The first-order chi connectivity index (χ1) is 15.0. The molecular formula is C29H49NO. The molecule has 2 heteroatoms. The van der Waals surface area contributed by atoms with Crippen LogP contribution in [-0.4, -0.2) is 11.7 Å². The molecule has 0 fully saturated rings. The Kier molecular flexibility index (Phi) is 11.5. The predicted octanol–water partition coefficient (Wildman–Crippen LogP) is 9.26. The molecule has 0 saturated carbocycles. The van der Waals surface area contributed by atoms with Crippen LogP contribution in [0.3, 0.4) is 0 Å². The fourth-order valence-electron chi connectivity index (χ4n) is 4.97. The molecule has 0 spiro atoms. The van der Waals surface area contributed by atoms with Crippen LogP contribution in [0.25, 0.3) is 0 Å². The average molecular weight is 428 g/mol. The summed E-state index contributed by atoms with van der Waals surface area (Å²) in [5.41, 5.74) is 3.50. The SMILES string of the molecule is C=C1N(CCCCCCCCCCCCCCCCCC)c2ccc(O)cc2C1(C)C. The van der Waals surface area contributed by atoms with Gasteiger partial charge in [-0.05, 0) is 30.2 Å². The van der Waals surface area contributed by atoms with E-state index in [1.54, 1.807) is 6.07 Å². The van der Waals surface area contributed by atoms with E-state index < -0.39 is 0 Å². The first-order valence-electron chi connectivity index (χ1n) is 13.3. The molecule has 0 unspecified atom stereocenters. The largest absolute Gasteiger partial charge is 0.508 e. The number of nitrogens with zero attached hydrogens (tertiary/aromatic N) is 1. The third-order valence-corrected chi connectivity index (χ3v) is 7.23. The number of phenols is 1. The molecular weight excluding hydrogens is 378 g/mol. The van der Waals surface area contributed by atoms with Crippen molar-refractivity contribution in [2.24, 2.45) is 0 Å². The Balaban J connectivity index is 1.46. The van der Waals surface area contributed by atoms with Crippen LogP contribution in [-0.2, 0) is 5.41 Å². The molecule has 0 amide bonds. The molecule has 0 aliphatic carbocycles. The van der Waals surface area contributed by atoms with Gasteiger partial charge in [0.15, 0.2) is 0 Å². The molecule has 0 aromatic heterocycles. The highest BCUT2D eigenvalue weighted by molar-refractivity contribution is 5.71. The lowest BCUT2D eigenvalue weighted by Gasteiger charge is -2.25. The summed E-state index contributed by atoms with van der Waals surface area (Å²) in [7, 11) is 0. The van der Waals surface area contributed by atoms with Gasteiger partial charge >= 0.3 is 0 Å². The number of phenolic OH excluding ortho intramolecular Hbond substituents is 1. The van der Waals surface area contributed by atoms with Crippen molar-refractivity contribution in [1.29, 1.82) is 0 Å². The number of hydrogen-bond donors (Lipinski definition) is 1. The molecule has 1 aromatic carbocycles. The van der Waals surface area contributed by atoms with E-state index in [1.807, 2.05) is 6.07 Å². The van der Waals surface area contributed by atoms with Crippen LogP contribution in [0.15, 0.2) is 30.5 Å². The second-order valence-electron chi connectivity index (χ2n) is 10.2. The van der Waals surface area contributed by atoms with Gasteiger partial charge in [0, 0.05) is 23.3 Å². The third-order valence-electron chi connectivity index (χ3n) is 7.23. The van der Waals surface area contributed by atoms with Crippen LogP contribution in [0.1, 0.15) is 129 Å². The van der Waals surface area contributed by atoms with Crippen molar-refractivity contribution in [3.63, 3.8) is 0 Å². The van der Waals surface area contributed by atoms with Gasteiger partial charge in [-0.1, -0.05) is 124 Å². The van der Waals surface area contributed by atoms with Crippen LogP contribution in [0.4, 0.5) is 5.69 Å². The van der Waals surface area contributed by atoms with E-state index in [1.165, 1.54) is 114 Å². The predicted molar refractivity (Wildman–Crippen MR) is 137 cm³/mol. The summed E-state index contributed by atoms with van der Waals surface area (Å²) >= 11 is 0. The monoisotopic (exact) mass is 427 g/mol. The van der Waals surface area contributed by atoms with Crippen molar-refractivity contribution >= 4 is 5.69 Å². The lowest BCUT2D eigenvalue weighted by atomic mass is 9.84. The highest BCUT2D eigenvalue weighted by Crippen LogP contribution is 2.48. The number of benzene rings is 1. The second-order valence-corrected chi connectivity index (χ2v) is 10.2. The van der Waals surface area contributed by atoms with Crippen molar-refractivity contribution in [1.82, 2.24) is 0 Å². The van der Waals surface area contributed by atoms with E-state index in [9.17, 15) is 5.11 Å². The molecule has 0 saturated heterocycles. The normalized spacial score (nSPS) is 14.9. The van der Waals surface area contributed by atoms with E-state index >= 15 is 0 Å². The molecule has 0 bridgehead atoms. The minimum absolute atomic E-state index is 0.0941. The fraction of sp³-hybridized carbons (Fsp3) is 0.724. The summed E-state index contributed by atoms with van der Waals surface area (Å²) in [6.07, 6.45) is 22.4. The summed E-state index contributed by atoms with van der Waals surface area (Å²) in [5.74, 6) is 0.351. The first-order valence-corrected chi connectivity index (χ1v) is 13.3. The fourth-order valence-corrected chi connectivity index (χ4v) is 4.97. The van der Waals surface area contributed by atoms with Gasteiger partial charge in [0.25, 0.3) is 0 Å². The third kappa shape index (κ3) is 8.20. The molecule has 1 heterocycles. The highest BCUT2D eigenvalue weighted by Gasteiger charge is 2.38. The Morgan fingerprint density at radius 1 is 0.742 bits per heavy atom. The Morgan fingerprint density at radius 3 is 1.68 bits per heavy atom. The zero-order valence-electron chi connectivity index (χ0n) is 20.9. The Labute approximate surface area is 193 Å². The van der Waals surface area contributed by atoms with Gasteiger partial charge in [0.05, 0.1) is 0 Å². The number of aromatic hydroxyl groups is 1. The smallest absolute Gasteiger partial charge is 0.116 e. The minimum Gasteiger partial charge on any atom is -0.508 e. The summed E-state index contributed by atoms with van der Waals surface area (Å²) in [5, 5.41) is 9.88. The van der Waals surface area contributed by atoms with Crippen LogP contribution in [0.2, 0.25) is 0 Å². The number of anilines is 1. The maximum absolute atomic E-state index is 9.88. The van der Waals surface area contributed by atoms with Crippen molar-refractivity contribution in [2.75, 3.05) is 11.4 Å². The molecule has 2 nitrogen and oxygen atoms in total. The van der Waals surface area contributed by atoms with Crippen molar-refractivity contribution in [3.05, 3.63) is 36.0 Å². The van der Waals surface area contributed by atoms with E-state index in [-0.39, 0.29) is 5.41 Å². The number of unbranched alkanes of at least 4 members (excludes halogenated alkanes) is 15. The molecule has 2 rings (SSSR count). The van der Waals surface area contributed by atoms with Crippen LogP contribution in [0, 0.1) is 0 Å². The standard InChI is InChI=1S/C29H49NO/c1-5-6-7-8-9-10-11-12-13-14-15-16-17-18-19-20-23-30-25(2)29(3,4)27-24-26(31)21-22-28(27)30/h21-22,24,31H,2,5-20,23H2,1,3-4H3. The van der Waals surface area contributed by atoms with Gasteiger partial charge in [0.2, 0.25) is 0 Å². The Bertz CT molecular complexity index is 648. The van der Waals surface area contributed by atoms with Crippen molar-refractivity contribution < 1.29 is 5.11 Å². The number of hydrogen-bond acceptors (Lipinski definition) is 2. The average Bonchev–Trinajstić information content (AvgIpc) is 2.93. The maximum atomic E-state index is 9.88. The molecule has 1 aliphatic heterocycles. The van der Waals surface area contributed by atoms with Gasteiger partial charge in [0.1, 0.15) is 5.75 Å². The summed E-state index contributed by atoms with van der Waals surface area (Å²) in [6.45, 7) is 12.1. The zero-order chi connectivity index (χ0) is 22.5. The lowest BCUT2D eigenvalue weighted by Crippen LogP contribution is -2.26. The number of allylic oxidation sites excluding steroid dienone is 1. The summed E-state index contributed by atoms with van der Waals surface area (Å²) in [4.78, 5) is 2.37. The topological polar surface area (TPSA) is 23.5 Å². The Morgan fingerprint density at radius 2 is 1.19 bits per heavy atom. The highest BCUT2D eigenvalue weighted by atomic mass is 16.3.